The SMILES string of the molecule is N#Cc1ccc(Cl)cc1NS(=O)(=O)c1cc(Cl)sc1Cl. The van der Waals surface area contributed by atoms with Gasteiger partial charge in [-0.15, -0.1) is 11.3 Å². The number of nitriles is 1. The van der Waals surface area contributed by atoms with E-state index in [4.69, 9.17) is 40.1 Å². The Bertz CT molecular complexity index is 810. The summed E-state index contributed by atoms with van der Waals surface area (Å²) in [7, 11) is -3.94. The van der Waals surface area contributed by atoms with Gasteiger partial charge >= 0.3 is 0 Å². The second-order valence-electron chi connectivity index (χ2n) is 3.60. The van der Waals surface area contributed by atoms with Gasteiger partial charge in [-0.3, -0.25) is 4.72 Å². The van der Waals surface area contributed by atoms with E-state index in [-0.39, 0.29) is 24.8 Å². The molecule has 0 bridgehead atoms. The van der Waals surface area contributed by atoms with Crippen molar-refractivity contribution in [2.24, 2.45) is 0 Å². The van der Waals surface area contributed by atoms with Crippen LogP contribution >= 0.6 is 46.1 Å². The van der Waals surface area contributed by atoms with Gasteiger partial charge in [-0.2, -0.15) is 5.26 Å². The fourth-order valence-corrected chi connectivity index (χ4v) is 4.80. The zero-order valence-electron chi connectivity index (χ0n) is 9.52. The van der Waals surface area contributed by atoms with E-state index in [9.17, 15) is 8.42 Å². The minimum absolute atomic E-state index is 0.0445. The number of rotatable bonds is 3. The number of sulfonamides is 1. The van der Waals surface area contributed by atoms with E-state index in [1.54, 1.807) is 0 Å². The zero-order valence-corrected chi connectivity index (χ0v) is 13.4. The van der Waals surface area contributed by atoms with E-state index in [0.29, 0.717) is 5.02 Å². The third-order valence-electron chi connectivity index (χ3n) is 2.26. The number of nitrogens with zero attached hydrogens (tertiary/aromatic N) is 1. The van der Waals surface area contributed by atoms with Crippen LogP contribution in [0.4, 0.5) is 5.69 Å². The zero-order chi connectivity index (χ0) is 14.9. The topological polar surface area (TPSA) is 70.0 Å². The number of anilines is 1. The van der Waals surface area contributed by atoms with Gasteiger partial charge < -0.3 is 0 Å². The van der Waals surface area contributed by atoms with Crippen molar-refractivity contribution in [3.8, 4) is 6.07 Å². The van der Waals surface area contributed by atoms with Gasteiger partial charge in [0.05, 0.1) is 15.6 Å². The molecule has 1 heterocycles. The van der Waals surface area contributed by atoms with Crippen molar-refractivity contribution >= 4 is 61.9 Å². The summed E-state index contributed by atoms with van der Waals surface area (Å²) in [6, 6.07) is 7.38. The van der Waals surface area contributed by atoms with Crippen LogP contribution in [0.5, 0.6) is 0 Å². The van der Waals surface area contributed by atoms with Crippen molar-refractivity contribution in [1.82, 2.24) is 0 Å². The van der Waals surface area contributed by atoms with Crippen LogP contribution in [0, 0.1) is 11.3 Å². The van der Waals surface area contributed by atoms with Gasteiger partial charge in [0.1, 0.15) is 15.3 Å². The van der Waals surface area contributed by atoms with E-state index in [0.717, 1.165) is 11.3 Å². The highest BCUT2D eigenvalue weighted by Gasteiger charge is 2.22. The Hall–Kier alpha value is -0.970. The highest BCUT2D eigenvalue weighted by Crippen LogP contribution is 2.35. The van der Waals surface area contributed by atoms with Gasteiger partial charge in [0.25, 0.3) is 10.0 Å². The fraction of sp³-hybridized carbons (Fsp3) is 0. The molecule has 9 heteroatoms. The predicted octanol–water partition coefficient (Wildman–Crippen LogP) is 4.38. The number of thiophene rings is 1. The molecule has 1 N–H and O–H groups in total. The highest BCUT2D eigenvalue weighted by atomic mass is 35.5. The van der Waals surface area contributed by atoms with Gasteiger partial charge in [0, 0.05) is 5.02 Å². The number of nitrogens with one attached hydrogen (secondary N) is 1. The molecule has 0 unspecified atom stereocenters. The molecule has 0 spiro atoms. The normalized spacial score (nSPS) is 11.1. The van der Waals surface area contributed by atoms with E-state index >= 15 is 0 Å². The summed E-state index contributed by atoms with van der Waals surface area (Å²) in [5.74, 6) is 0. The van der Waals surface area contributed by atoms with Gasteiger partial charge in [-0.1, -0.05) is 34.8 Å². The van der Waals surface area contributed by atoms with Crippen LogP contribution in [0.1, 0.15) is 5.56 Å². The Labute approximate surface area is 134 Å². The van der Waals surface area contributed by atoms with Crippen LogP contribution in [0.2, 0.25) is 13.7 Å². The van der Waals surface area contributed by atoms with Crippen LogP contribution in [-0.2, 0) is 10.0 Å². The van der Waals surface area contributed by atoms with Crippen molar-refractivity contribution in [3.63, 3.8) is 0 Å². The Morgan fingerprint density at radius 1 is 1.20 bits per heavy atom. The van der Waals surface area contributed by atoms with Gasteiger partial charge in [0.2, 0.25) is 0 Å². The average molecular weight is 368 g/mol. The summed E-state index contributed by atoms with van der Waals surface area (Å²) in [4.78, 5) is -0.141. The van der Waals surface area contributed by atoms with Crippen LogP contribution in [0.15, 0.2) is 29.2 Å². The number of halogens is 3. The minimum atomic E-state index is -3.94. The molecule has 0 radical (unpaired) electrons. The summed E-state index contributed by atoms with van der Waals surface area (Å²) in [5.41, 5.74) is 0.230. The van der Waals surface area contributed by atoms with Crippen molar-refractivity contribution in [3.05, 3.63) is 43.5 Å². The molecule has 0 saturated carbocycles. The molecule has 0 amide bonds. The largest absolute Gasteiger partial charge is 0.278 e. The highest BCUT2D eigenvalue weighted by molar-refractivity contribution is 7.93. The molecule has 0 aliphatic carbocycles. The van der Waals surface area contributed by atoms with E-state index in [1.165, 1.54) is 24.3 Å². The second-order valence-corrected chi connectivity index (χ2v) is 7.97. The van der Waals surface area contributed by atoms with Crippen molar-refractivity contribution in [1.29, 1.82) is 5.26 Å². The molecule has 0 aliphatic rings. The number of hydrogen-bond acceptors (Lipinski definition) is 4. The predicted molar refractivity (Wildman–Crippen MR) is 81.3 cm³/mol. The smallest absolute Gasteiger partial charge is 0.264 e. The van der Waals surface area contributed by atoms with E-state index in [2.05, 4.69) is 4.72 Å². The van der Waals surface area contributed by atoms with Crippen LogP contribution < -0.4 is 4.72 Å². The molecular formula is C11H5Cl3N2O2S2. The minimum Gasteiger partial charge on any atom is -0.278 e. The molecule has 2 rings (SSSR count). The average Bonchev–Trinajstić information content (AvgIpc) is 2.69. The molecule has 104 valence electrons. The molecule has 1 aromatic carbocycles. The lowest BCUT2D eigenvalue weighted by atomic mass is 10.2. The molecule has 0 fully saturated rings. The van der Waals surface area contributed by atoms with Gasteiger partial charge in [0.15, 0.2) is 0 Å². The summed E-state index contributed by atoms with van der Waals surface area (Å²) >= 11 is 18.3. The molecule has 20 heavy (non-hydrogen) atoms. The fourth-order valence-electron chi connectivity index (χ4n) is 1.41. The first-order valence-corrected chi connectivity index (χ1v) is 8.44. The summed E-state index contributed by atoms with van der Waals surface area (Å²) < 4.78 is 27.0. The summed E-state index contributed by atoms with van der Waals surface area (Å²) in [6.45, 7) is 0. The standard InChI is InChI=1S/C11H5Cl3N2O2S2/c12-7-2-1-6(5-15)8(3-7)16-20(17,18)9-4-10(13)19-11(9)14/h1-4,16H. The molecule has 0 atom stereocenters. The Kier molecular flexibility index (Phi) is 4.47. The summed E-state index contributed by atoms with van der Waals surface area (Å²) in [6.07, 6.45) is 0. The van der Waals surface area contributed by atoms with Crippen LogP contribution in [-0.4, -0.2) is 8.42 Å². The molecule has 1 aromatic heterocycles. The first-order chi connectivity index (χ1) is 9.33. The monoisotopic (exact) mass is 366 g/mol. The molecule has 2 aromatic rings. The quantitative estimate of drug-likeness (QED) is 0.875. The summed E-state index contributed by atoms with van der Waals surface area (Å²) in [5, 5.41) is 9.26. The number of hydrogen-bond donors (Lipinski definition) is 1. The lowest BCUT2D eigenvalue weighted by molar-refractivity contribution is 0.601. The third-order valence-corrected chi connectivity index (χ3v) is 5.61. The lowest BCUT2D eigenvalue weighted by Gasteiger charge is -2.09. The van der Waals surface area contributed by atoms with Crippen LogP contribution in [0.3, 0.4) is 0 Å². The van der Waals surface area contributed by atoms with Crippen molar-refractivity contribution in [2.75, 3.05) is 4.72 Å². The van der Waals surface area contributed by atoms with Gasteiger partial charge in [-0.25, -0.2) is 8.42 Å². The number of benzene rings is 1. The maximum absolute atomic E-state index is 12.2. The first-order valence-electron chi connectivity index (χ1n) is 5.01. The van der Waals surface area contributed by atoms with E-state index < -0.39 is 10.0 Å². The maximum Gasteiger partial charge on any atom is 0.264 e. The van der Waals surface area contributed by atoms with Crippen LogP contribution in [0.25, 0.3) is 0 Å². The first kappa shape index (κ1) is 15.4. The molecule has 0 aliphatic heterocycles. The molecule has 4 nitrogen and oxygen atoms in total. The van der Waals surface area contributed by atoms with Crippen molar-refractivity contribution < 1.29 is 8.42 Å². The Morgan fingerprint density at radius 2 is 1.90 bits per heavy atom. The lowest BCUT2D eigenvalue weighted by Crippen LogP contribution is -2.13. The van der Waals surface area contributed by atoms with Crippen molar-refractivity contribution in [2.45, 2.75) is 4.90 Å². The Morgan fingerprint density at radius 3 is 2.45 bits per heavy atom. The molecule has 0 saturated heterocycles. The maximum atomic E-state index is 12.2. The second kappa shape index (κ2) is 5.80. The Balaban J connectivity index is 2.46. The van der Waals surface area contributed by atoms with E-state index in [1.807, 2.05) is 6.07 Å². The molecular weight excluding hydrogens is 363 g/mol. The van der Waals surface area contributed by atoms with Gasteiger partial charge in [-0.05, 0) is 24.3 Å². The third kappa shape index (κ3) is 3.19.